The molecular weight excluding hydrogens is 392 g/mol. The quantitative estimate of drug-likeness (QED) is 0.772. The minimum Gasteiger partial charge on any atom is -0.316 e. The maximum atomic E-state index is 12.6. The maximum Gasteiger partial charge on any atom is 0.252 e. The van der Waals surface area contributed by atoms with Gasteiger partial charge in [0.15, 0.2) is 15.0 Å². The average Bonchev–Trinajstić information content (AvgIpc) is 3.09. The summed E-state index contributed by atoms with van der Waals surface area (Å²) in [7, 11) is -3.07. The predicted octanol–water partition coefficient (Wildman–Crippen LogP) is 3.15. The third-order valence-electron chi connectivity index (χ3n) is 5.25. The molecule has 28 heavy (non-hydrogen) atoms. The second kappa shape index (κ2) is 7.37. The van der Waals surface area contributed by atoms with Crippen LogP contribution in [-0.2, 0) is 21.1 Å². The van der Waals surface area contributed by atoms with E-state index in [2.05, 4.69) is 4.99 Å². The third kappa shape index (κ3) is 3.86. The van der Waals surface area contributed by atoms with Crippen molar-refractivity contribution >= 4 is 38.4 Å². The predicted molar refractivity (Wildman–Crippen MR) is 115 cm³/mol. The van der Waals surface area contributed by atoms with Gasteiger partial charge in [-0.05, 0) is 42.7 Å². The van der Waals surface area contributed by atoms with Crippen molar-refractivity contribution in [1.82, 2.24) is 0 Å². The molecular formula is C21H22N2O3S2. The number of hydrogen-bond acceptors (Lipinski definition) is 4. The van der Waals surface area contributed by atoms with Crippen molar-refractivity contribution in [2.45, 2.75) is 31.6 Å². The Kier molecular flexibility index (Phi) is 5.05. The summed E-state index contributed by atoms with van der Waals surface area (Å²) in [6.07, 6.45) is 0.235. The summed E-state index contributed by atoms with van der Waals surface area (Å²) < 4.78 is 24.3. The summed E-state index contributed by atoms with van der Waals surface area (Å²) in [4.78, 5) is 18.9. The number of carbonyl (C=O) groups is 1. The first-order valence-electron chi connectivity index (χ1n) is 9.21. The largest absolute Gasteiger partial charge is 0.316 e. The van der Waals surface area contributed by atoms with E-state index in [1.165, 1.54) is 17.3 Å². The third-order valence-corrected chi connectivity index (χ3v) is 8.46. The molecule has 0 radical (unpaired) electrons. The number of thioether (sulfide) groups is 1. The first-order valence-corrected chi connectivity index (χ1v) is 11.9. The summed E-state index contributed by atoms with van der Waals surface area (Å²) in [6, 6.07) is 15.4. The van der Waals surface area contributed by atoms with Gasteiger partial charge in [0.2, 0.25) is 0 Å². The van der Waals surface area contributed by atoms with Crippen LogP contribution < -0.4 is 4.90 Å². The lowest BCUT2D eigenvalue weighted by atomic mass is 10.1. The highest BCUT2D eigenvalue weighted by atomic mass is 32.2. The molecule has 0 aromatic heterocycles. The number of hydrogen-bond donors (Lipinski definition) is 0. The lowest BCUT2D eigenvalue weighted by Crippen LogP contribution is -2.37. The Morgan fingerprint density at radius 3 is 2.57 bits per heavy atom. The average molecular weight is 415 g/mol. The topological polar surface area (TPSA) is 66.8 Å². The molecule has 146 valence electrons. The second-order valence-electron chi connectivity index (χ2n) is 7.39. The minimum absolute atomic E-state index is 0.0881. The van der Waals surface area contributed by atoms with Crippen LogP contribution in [0.2, 0.25) is 0 Å². The van der Waals surface area contributed by atoms with Crippen LogP contribution in [0.25, 0.3) is 0 Å². The molecule has 0 unspecified atom stereocenters. The van der Waals surface area contributed by atoms with E-state index in [0.29, 0.717) is 5.17 Å². The molecule has 2 aromatic rings. The van der Waals surface area contributed by atoms with Crippen LogP contribution in [0.1, 0.15) is 16.7 Å². The van der Waals surface area contributed by atoms with Crippen molar-refractivity contribution in [3.63, 3.8) is 0 Å². The van der Waals surface area contributed by atoms with Crippen LogP contribution in [-0.4, -0.2) is 42.3 Å². The molecule has 0 spiro atoms. The summed E-state index contributed by atoms with van der Waals surface area (Å²) in [5.41, 5.74) is 4.11. The zero-order chi connectivity index (χ0) is 19.9. The van der Waals surface area contributed by atoms with Gasteiger partial charge in [0.1, 0.15) is 0 Å². The number of rotatable bonds is 3. The minimum atomic E-state index is -3.07. The zero-order valence-corrected chi connectivity index (χ0v) is 17.5. The van der Waals surface area contributed by atoms with Gasteiger partial charge in [0.25, 0.3) is 5.91 Å². The van der Waals surface area contributed by atoms with E-state index in [9.17, 15) is 13.2 Å². The van der Waals surface area contributed by atoms with E-state index < -0.39 is 9.84 Å². The lowest BCUT2D eigenvalue weighted by Gasteiger charge is -2.25. The van der Waals surface area contributed by atoms with Crippen LogP contribution in [0.3, 0.4) is 0 Å². The van der Waals surface area contributed by atoms with Gasteiger partial charge in [-0.3, -0.25) is 4.79 Å². The molecule has 2 fully saturated rings. The smallest absolute Gasteiger partial charge is 0.252 e. The van der Waals surface area contributed by atoms with Gasteiger partial charge in [-0.25, -0.2) is 8.42 Å². The highest BCUT2D eigenvalue weighted by Crippen LogP contribution is 2.41. The fourth-order valence-corrected chi connectivity index (χ4v) is 7.59. The Morgan fingerprint density at radius 2 is 1.86 bits per heavy atom. The SMILES string of the molecule is Cc1ccc(N2C(=NC(=O)Cc3ccccc3)S[C@H]3CS(=O)(=O)C[C@H]32)cc1C. The fraction of sp³-hybridized carbons (Fsp3) is 0.333. The molecule has 2 aliphatic heterocycles. The molecule has 0 saturated carbocycles. The maximum absolute atomic E-state index is 12.6. The first-order chi connectivity index (χ1) is 13.3. The lowest BCUT2D eigenvalue weighted by molar-refractivity contribution is -0.117. The van der Waals surface area contributed by atoms with Gasteiger partial charge in [-0.15, -0.1) is 0 Å². The first kappa shape index (κ1) is 19.2. The van der Waals surface area contributed by atoms with Crippen LogP contribution in [0.15, 0.2) is 53.5 Å². The van der Waals surface area contributed by atoms with Crippen molar-refractivity contribution in [1.29, 1.82) is 0 Å². The van der Waals surface area contributed by atoms with Crippen LogP contribution in [0.4, 0.5) is 5.69 Å². The van der Waals surface area contributed by atoms with Gasteiger partial charge in [-0.2, -0.15) is 4.99 Å². The highest BCUT2D eigenvalue weighted by Gasteiger charge is 2.49. The summed E-state index contributed by atoms with van der Waals surface area (Å²) in [6.45, 7) is 4.07. The van der Waals surface area contributed by atoms with E-state index in [1.54, 1.807) is 0 Å². The summed E-state index contributed by atoms with van der Waals surface area (Å²) >= 11 is 1.41. The number of aryl methyl sites for hydroxylation is 2. The molecule has 5 nitrogen and oxygen atoms in total. The molecule has 7 heteroatoms. The normalized spacial score (nSPS) is 24.5. The number of sulfone groups is 1. The molecule has 0 N–H and O–H groups in total. The summed E-state index contributed by atoms with van der Waals surface area (Å²) in [5, 5.41) is 0.518. The highest BCUT2D eigenvalue weighted by molar-refractivity contribution is 8.16. The number of amides is 1. The van der Waals surface area contributed by atoms with E-state index in [4.69, 9.17) is 0 Å². The fourth-order valence-electron chi connectivity index (χ4n) is 3.66. The van der Waals surface area contributed by atoms with Crippen molar-refractivity contribution < 1.29 is 13.2 Å². The second-order valence-corrected chi connectivity index (χ2v) is 10.7. The molecule has 1 amide bonds. The molecule has 2 aliphatic rings. The molecule has 2 atom stereocenters. The van der Waals surface area contributed by atoms with Gasteiger partial charge >= 0.3 is 0 Å². The molecule has 4 rings (SSSR count). The summed E-state index contributed by atoms with van der Waals surface area (Å²) in [5.74, 6) is 0.0179. The van der Waals surface area contributed by atoms with Crippen molar-refractivity contribution in [2.24, 2.45) is 4.99 Å². The standard InChI is InChI=1S/C21H22N2O3S2/c1-14-8-9-17(10-15(14)2)23-18-12-28(25,26)13-19(18)27-21(23)22-20(24)11-16-6-4-3-5-7-16/h3-10,18-19H,11-13H2,1-2H3/t18-,19+/m1/s1. The number of benzene rings is 2. The van der Waals surface area contributed by atoms with Crippen molar-refractivity contribution in [3.8, 4) is 0 Å². The van der Waals surface area contributed by atoms with Crippen LogP contribution in [0.5, 0.6) is 0 Å². The number of amidine groups is 1. The number of anilines is 1. The molecule has 2 aromatic carbocycles. The Balaban J connectivity index is 1.67. The van der Waals surface area contributed by atoms with Crippen molar-refractivity contribution in [3.05, 3.63) is 65.2 Å². The molecule has 0 aliphatic carbocycles. The number of fused-ring (bicyclic) bond motifs is 1. The Hall–Kier alpha value is -2.12. The van der Waals surface area contributed by atoms with Gasteiger partial charge in [-0.1, -0.05) is 48.2 Å². The monoisotopic (exact) mass is 414 g/mol. The van der Waals surface area contributed by atoms with Crippen LogP contribution >= 0.6 is 11.8 Å². The van der Waals surface area contributed by atoms with E-state index >= 15 is 0 Å². The number of aliphatic imine (C=N–C) groups is 1. The number of nitrogens with zero attached hydrogens (tertiary/aromatic N) is 2. The Labute approximate surface area is 169 Å². The van der Waals surface area contributed by atoms with Gasteiger partial charge in [0.05, 0.1) is 24.0 Å². The molecule has 2 heterocycles. The Morgan fingerprint density at radius 1 is 1.11 bits per heavy atom. The van der Waals surface area contributed by atoms with Gasteiger partial charge in [0, 0.05) is 10.9 Å². The molecule has 2 saturated heterocycles. The van der Waals surface area contributed by atoms with Crippen molar-refractivity contribution in [2.75, 3.05) is 16.4 Å². The number of carbonyl (C=O) groups excluding carboxylic acids is 1. The molecule has 0 bridgehead atoms. The Bertz CT molecular complexity index is 1050. The van der Waals surface area contributed by atoms with Gasteiger partial charge < -0.3 is 4.90 Å². The zero-order valence-electron chi connectivity index (χ0n) is 15.8. The van der Waals surface area contributed by atoms with E-state index in [1.807, 2.05) is 67.3 Å². The van der Waals surface area contributed by atoms with E-state index in [0.717, 1.165) is 16.8 Å². The van der Waals surface area contributed by atoms with E-state index in [-0.39, 0.29) is 35.1 Å². The van der Waals surface area contributed by atoms with Crippen LogP contribution in [0, 0.1) is 13.8 Å².